The van der Waals surface area contributed by atoms with Gasteiger partial charge in [-0.15, -0.1) is 0 Å². The van der Waals surface area contributed by atoms with E-state index in [1.54, 1.807) is 0 Å². The number of hydrogen-bond donors (Lipinski definition) is 1. The van der Waals surface area contributed by atoms with Gasteiger partial charge >= 0.3 is 42.1 Å². The second-order valence-corrected chi connectivity index (χ2v) is 0.533. The summed E-state index contributed by atoms with van der Waals surface area (Å²) in [6, 6.07) is 0. The maximum atomic E-state index is 9.37. The van der Waals surface area contributed by atoms with Crippen LogP contribution in [0.15, 0.2) is 0 Å². The second kappa shape index (κ2) is 5.94. The Kier molecular flexibility index (Phi) is 8.51. The summed E-state index contributed by atoms with van der Waals surface area (Å²) < 4.78 is 3.50. The van der Waals surface area contributed by atoms with Crippen LogP contribution in [0.3, 0.4) is 0 Å². The molecular formula is C2H4NNaO3. The van der Waals surface area contributed by atoms with Crippen molar-refractivity contribution in [1.29, 1.82) is 0 Å². The summed E-state index contributed by atoms with van der Waals surface area (Å²) >= 11 is 0. The summed E-state index contributed by atoms with van der Waals surface area (Å²) in [6.07, 6.45) is -1.08. The minimum atomic E-state index is -1.08. The van der Waals surface area contributed by atoms with E-state index in [9.17, 15) is 4.79 Å². The zero-order valence-electron chi connectivity index (χ0n) is 2.88. The number of carbonyl (C=O) groups excluding carboxylic acids is 2. The third-order valence-electron chi connectivity index (χ3n) is 0.164. The van der Waals surface area contributed by atoms with Crippen molar-refractivity contribution in [3.05, 3.63) is 0 Å². The van der Waals surface area contributed by atoms with Crippen LogP contribution in [0.2, 0.25) is 0 Å². The number of primary amides is 1. The Balaban J connectivity index is 0. The summed E-state index contributed by atoms with van der Waals surface area (Å²) in [7, 11) is 0. The molecule has 0 unspecified atom stereocenters. The molecule has 0 bridgehead atoms. The number of carbonyl (C=O) groups is 2. The molecule has 0 saturated heterocycles. The summed E-state index contributed by atoms with van der Waals surface area (Å²) in [4.78, 5) is 18.5. The molecule has 0 aliphatic heterocycles. The van der Waals surface area contributed by atoms with E-state index < -0.39 is 6.09 Å². The molecule has 2 N–H and O–H groups in total. The Morgan fingerprint density at radius 1 is 1.71 bits per heavy atom. The molecule has 36 valence electrons. The van der Waals surface area contributed by atoms with Gasteiger partial charge in [0.05, 0.1) is 0 Å². The van der Waals surface area contributed by atoms with Gasteiger partial charge in [0, 0.05) is 0 Å². The summed E-state index contributed by atoms with van der Waals surface area (Å²) in [5.41, 5.74) is 4.31. The molecule has 0 aliphatic carbocycles. The monoisotopic (exact) mass is 113 g/mol. The number of hydrogen-bond acceptors (Lipinski definition) is 3. The fraction of sp³-hybridized carbons (Fsp3) is 0. The van der Waals surface area contributed by atoms with Crippen LogP contribution in [0.25, 0.3) is 0 Å². The first-order valence-corrected chi connectivity index (χ1v) is 1.17. The van der Waals surface area contributed by atoms with Gasteiger partial charge in [-0.1, -0.05) is 0 Å². The average molecular weight is 113 g/mol. The number of rotatable bonds is 1. The normalized spacial score (nSPS) is 5.71. The molecule has 0 aliphatic rings. The molecule has 0 spiro atoms. The van der Waals surface area contributed by atoms with Gasteiger partial charge in [-0.25, -0.2) is 4.79 Å². The van der Waals surface area contributed by atoms with Gasteiger partial charge in [0.25, 0.3) is 0 Å². The molecule has 7 heavy (non-hydrogen) atoms. The molecule has 0 aromatic heterocycles. The number of nitrogens with two attached hydrogens (primary N) is 1. The van der Waals surface area contributed by atoms with Crippen LogP contribution in [-0.4, -0.2) is 42.1 Å². The van der Waals surface area contributed by atoms with Crippen molar-refractivity contribution in [2.75, 3.05) is 0 Å². The third kappa shape index (κ3) is 10.7. The van der Waals surface area contributed by atoms with Gasteiger partial charge in [-0.3, -0.25) is 4.79 Å². The zero-order valence-corrected chi connectivity index (χ0v) is 2.88. The fourth-order valence-electron chi connectivity index (χ4n) is 0.0474. The predicted molar refractivity (Wildman–Crippen MR) is 23.9 cm³/mol. The van der Waals surface area contributed by atoms with E-state index in [-0.39, 0.29) is 36.0 Å². The molecule has 0 radical (unpaired) electrons. The van der Waals surface area contributed by atoms with E-state index in [1.165, 1.54) is 0 Å². The zero-order chi connectivity index (χ0) is 4.99. The van der Waals surface area contributed by atoms with Crippen molar-refractivity contribution < 1.29 is 14.3 Å². The van der Waals surface area contributed by atoms with Crippen LogP contribution in [0, 0.1) is 0 Å². The second-order valence-electron chi connectivity index (χ2n) is 0.533. The molecule has 1 amide bonds. The molecule has 0 heterocycles. The Bertz CT molecular complexity index is 73.3. The van der Waals surface area contributed by atoms with Gasteiger partial charge < -0.3 is 10.5 Å². The van der Waals surface area contributed by atoms with E-state index in [0.717, 1.165) is 0 Å². The summed E-state index contributed by atoms with van der Waals surface area (Å²) in [5, 5.41) is 0. The van der Waals surface area contributed by atoms with Gasteiger partial charge in [0.1, 0.15) is 0 Å². The summed E-state index contributed by atoms with van der Waals surface area (Å²) in [6.45, 7) is -0.0255. The van der Waals surface area contributed by atoms with E-state index >= 15 is 0 Å². The predicted octanol–water partition coefficient (Wildman–Crippen LogP) is -1.41. The van der Waals surface area contributed by atoms with Crippen LogP contribution >= 0.6 is 0 Å². The fourth-order valence-corrected chi connectivity index (χ4v) is 0.0474. The van der Waals surface area contributed by atoms with Crippen molar-refractivity contribution in [3.8, 4) is 0 Å². The van der Waals surface area contributed by atoms with Crippen molar-refractivity contribution in [2.24, 2.45) is 5.73 Å². The van der Waals surface area contributed by atoms with Crippen LogP contribution in [0.1, 0.15) is 0 Å². The first-order valence-electron chi connectivity index (χ1n) is 1.17. The van der Waals surface area contributed by atoms with Crippen LogP contribution in [0.5, 0.6) is 0 Å². The van der Waals surface area contributed by atoms with E-state index in [0.29, 0.717) is 0 Å². The first-order chi connectivity index (χ1) is 2.77. The number of ether oxygens (including phenoxy) is 1. The Labute approximate surface area is 62.3 Å². The molecule has 4 nitrogen and oxygen atoms in total. The van der Waals surface area contributed by atoms with Crippen LogP contribution in [-0.2, 0) is 9.53 Å². The molecule has 0 atom stereocenters. The number of amides is 1. The van der Waals surface area contributed by atoms with E-state index in [1.807, 2.05) is 0 Å². The molecule has 0 fully saturated rings. The molecule has 0 aromatic rings. The van der Waals surface area contributed by atoms with Crippen LogP contribution in [0.4, 0.5) is 4.79 Å². The van der Waals surface area contributed by atoms with Crippen molar-refractivity contribution in [3.63, 3.8) is 0 Å². The average Bonchev–Trinajstić information content (AvgIpc) is 1.35. The topological polar surface area (TPSA) is 69.4 Å². The molecule has 0 saturated carbocycles. The van der Waals surface area contributed by atoms with E-state index in [4.69, 9.17) is 4.79 Å². The molecular weight excluding hydrogens is 109 g/mol. The quantitative estimate of drug-likeness (QED) is 0.258. The SMILES string of the molecule is NC(=O)OC=O.[NaH]. The standard InChI is InChI=1S/C2H3NO3.Na.H/c3-2(5)6-1-4;;/h1H,(H2,3,5);;. The van der Waals surface area contributed by atoms with Gasteiger partial charge in [0.15, 0.2) is 0 Å². The minimum absolute atomic E-state index is 0. The molecule has 0 aromatic carbocycles. The van der Waals surface area contributed by atoms with Gasteiger partial charge in [0.2, 0.25) is 0 Å². The first kappa shape index (κ1) is 10.0. The molecule has 0 rings (SSSR count). The summed E-state index contributed by atoms with van der Waals surface area (Å²) in [5.74, 6) is 0. The van der Waals surface area contributed by atoms with Crippen molar-refractivity contribution >= 4 is 42.1 Å². The van der Waals surface area contributed by atoms with Crippen molar-refractivity contribution in [1.82, 2.24) is 0 Å². The Morgan fingerprint density at radius 3 is 2.14 bits per heavy atom. The Hall–Kier alpha value is -0.0600. The third-order valence-corrected chi connectivity index (χ3v) is 0.164. The van der Waals surface area contributed by atoms with Gasteiger partial charge in [-0.05, 0) is 0 Å². The Morgan fingerprint density at radius 2 is 2.14 bits per heavy atom. The maximum absolute atomic E-state index is 9.37. The van der Waals surface area contributed by atoms with Crippen molar-refractivity contribution in [2.45, 2.75) is 0 Å². The van der Waals surface area contributed by atoms with Crippen LogP contribution < -0.4 is 5.73 Å². The van der Waals surface area contributed by atoms with E-state index in [2.05, 4.69) is 10.5 Å². The van der Waals surface area contributed by atoms with Gasteiger partial charge in [-0.2, -0.15) is 0 Å². The molecule has 5 heteroatoms.